The molecule has 136 valence electrons. The van der Waals surface area contributed by atoms with Gasteiger partial charge < -0.3 is 9.40 Å². The van der Waals surface area contributed by atoms with E-state index in [-0.39, 0.29) is 5.78 Å². The summed E-state index contributed by atoms with van der Waals surface area (Å²) in [5.41, 5.74) is 3.17. The third-order valence-electron chi connectivity index (χ3n) is 5.27. The highest BCUT2D eigenvalue weighted by Crippen LogP contribution is 2.23. The van der Waals surface area contributed by atoms with Crippen molar-refractivity contribution in [3.05, 3.63) is 59.7 Å². The number of para-hydroxylation sites is 1. The minimum absolute atomic E-state index is 0.198. The number of H-pyrrole nitrogens is 1. The van der Waals surface area contributed by atoms with Gasteiger partial charge in [-0.05, 0) is 24.1 Å². The first kappa shape index (κ1) is 17.1. The summed E-state index contributed by atoms with van der Waals surface area (Å²) in [4.78, 5) is 20.8. The summed E-state index contributed by atoms with van der Waals surface area (Å²) in [6.45, 7) is 7.21. The molecular weight excluding hydrogens is 326 g/mol. The molecule has 1 saturated heterocycles. The van der Waals surface area contributed by atoms with Gasteiger partial charge in [0.15, 0.2) is 5.78 Å². The SMILES string of the molecule is CCc1cccc2c(C(=O)CN3CCN(Cc4ccco4)CC3)c[nH]c12. The van der Waals surface area contributed by atoms with Crippen LogP contribution in [-0.2, 0) is 13.0 Å². The van der Waals surface area contributed by atoms with Crippen LogP contribution in [0.3, 0.4) is 0 Å². The molecule has 26 heavy (non-hydrogen) atoms. The van der Waals surface area contributed by atoms with Crippen molar-refractivity contribution < 1.29 is 9.21 Å². The molecule has 5 heteroatoms. The van der Waals surface area contributed by atoms with Crippen molar-refractivity contribution in [2.24, 2.45) is 0 Å². The number of aryl methyl sites for hydroxylation is 1. The smallest absolute Gasteiger partial charge is 0.178 e. The first-order chi connectivity index (χ1) is 12.7. The van der Waals surface area contributed by atoms with E-state index in [1.807, 2.05) is 30.5 Å². The van der Waals surface area contributed by atoms with Gasteiger partial charge in [-0.15, -0.1) is 0 Å². The quantitative estimate of drug-likeness (QED) is 0.692. The molecule has 0 unspecified atom stereocenters. The van der Waals surface area contributed by atoms with E-state index in [4.69, 9.17) is 4.42 Å². The highest BCUT2D eigenvalue weighted by molar-refractivity contribution is 6.09. The molecule has 0 amide bonds. The number of hydrogen-bond acceptors (Lipinski definition) is 4. The van der Waals surface area contributed by atoms with Crippen LogP contribution in [0.2, 0.25) is 0 Å². The fourth-order valence-corrected chi connectivity index (χ4v) is 3.76. The van der Waals surface area contributed by atoms with E-state index in [0.717, 1.165) is 61.4 Å². The lowest BCUT2D eigenvalue weighted by Gasteiger charge is -2.33. The van der Waals surface area contributed by atoms with Crippen LogP contribution in [0.5, 0.6) is 0 Å². The molecule has 1 aliphatic rings. The van der Waals surface area contributed by atoms with Gasteiger partial charge in [0, 0.05) is 48.8 Å². The van der Waals surface area contributed by atoms with Crippen LogP contribution in [0.4, 0.5) is 0 Å². The minimum atomic E-state index is 0.198. The molecular formula is C21H25N3O2. The van der Waals surface area contributed by atoms with Crippen molar-refractivity contribution >= 4 is 16.7 Å². The van der Waals surface area contributed by atoms with Crippen molar-refractivity contribution in [3.63, 3.8) is 0 Å². The zero-order chi connectivity index (χ0) is 17.9. The molecule has 0 radical (unpaired) electrons. The van der Waals surface area contributed by atoms with Gasteiger partial charge >= 0.3 is 0 Å². The average molecular weight is 351 g/mol. The molecule has 5 nitrogen and oxygen atoms in total. The monoisotopic (exact) mass is 351 g/mol. The normalized spacial score (nSPS) is 16.3. The van der Waals surface area contributed by atoms with Crippen molar-refractivity contribution in [2.45, 2.75) is 19.9 Å². The summed E-state index contributed by atoms with van der Waals surface area (Å²) in [5, 5.41) is 1.05. The highest BCUT2D eigenvalue weighted by atomic mass is 16.3. The largest absolute Gasteiger partial charge is 0.468 e. The number of hydrogen-bond donors (Lipinski definition) is 1. The number of fused-ring (bicyclic) bond motifs is 1. The van der Waals surface area contributed by atoms with Crippen LogP contribution in [0.1, 0.15) is 28.6 Å². The molecule has 3 aromatic rings. The summed E-state index contributed by atoms with van der Waals surface area (Å²) in [7, 11) is 0. The Kier molecular flexibility index (Phi) is 4.91. The third-order valence-corrected chi connectivity index (χ3v) is 5.27. The minimum Gasteiger partial charge on any atom is -0.468 e. The second-order valence-electron chi connectivity index (χ2n) is 6.95. The molecule has 1 aromatic carbocycles. The zero-order valence-electron chi connectivity index (χ0n) is 15.2. The lowest BCUT2D eigenvalue weighted by Crippen LogP contribution is -2.47. The van der Waals surface area contributed by atoms with Gasteiger partial charge in [0.05, 0.1) is 19.4 Å². The highest BCUT2D eigenvalue weighted by Gasteiger charge is 2.21. The van der Waals surface area contributed by atoms with Gasteiger partial charge in [0.2, 0.25) is 0 Å². The Morgan fingerprint density at radius 2 is 1.92 bits per heavy atom. The van der Waals surface area contributed by atoms with E-state index in [0.29, 0.717) is 6.54 Å². The van der Waals surface area contributed by atoms with Crippen LogP contribution in [0.15, 0.2) is 47.2 Å². The second-order valence-corrected chi connectivity index (χ2v) is 6.95. The van der Waals surface area contributed by atoms with Gasteiger partial charge in [-0.1, -0.05) is 25.1 Å². The van der Waals surface area contributed by atoms with Crippen LogP contribution >= 0.6 is 0 Å². The maximum Gasteiger partial charge on any atom is 0.178 e. The lowest BCUT2D eigenvalue weighted by molar-refractivity contribution is 0.0835. The fraction of sp³-hybridized carbons (Fsp3) is 0.381. The van der Waals surface area contributed by atoms with Gasteiger partial charge in [-0.2, -0.15) is 0 Å². The molecule has 1 fully saturated rings. The number of rotatable bonds is 6. The Labute approximate surface area is 153 Å². The number of carbonyl (C=O) groups is 1. The van der Waals surface area contributed by atoms with Crippen LogP contribution in [-0.4, -0.2) is 53.3 Å². The van der Waals surface area contributed by atoms with Gasteiger partial charge in [-0.25, -0.2) is 0 Å². The number of aromatic nitrogens is 1. The van der Waals surface area contributed by atoms with Gasteiger partial charge in [0.25, 0.3) is 0 Å². The van der Waals surface area contributed by atoms with Crippen molar-refractivity contribution in [1.82, 2.24) is 14.8 Å². The number of ketones is 1. The zero-order valence-corrected chi connectivity index (χ0v) is 15.2. The Morgan fingerprint density at radius 3 is 2.65 bits per heavy atom. The summed E-state index contributed by atoms with van der Waals surface area (Å²) in [6, 6.07) is 10.1. The van der Waals surface area contributed by atoms with E-state index < -0.39 is 0 Å². The molecule has 0 spiro atoms. The Bertz CT molecular complexity index is 874. The van der Waals surface area contributed by atoms with Crippen molar-refractivity contribution in [1.29, 1.82) is 0 Å². The van der Waals surface area contributed by atoms with Gasteiger partial charge in [0.1, 0.15) is 5.76 Å². The molecule has 2 aromatic heterocycles. The standard InChI is InChI=1S/C21H25N3O2/c1-2-16-5-3-7-18-19(13-22-21(16)18)20(25)15-24-10-8-23(9-11-24)14-17-6-4-12-26-17/h3-7,12-13,22H,2,8-11,14-15H2,1H3. The summed E-state index contributed by atoms with van der Waals surface area (Å²) >= 11 is 0. The number of furan rings is 1. The number of nitrogens with one attached hydrogen (secondary N) is 1. The molecule has 1 aliphatic heterocycles. The van der Waals surface area contributed by atoms with Crippen LogP contribution in [0.25, 0.3) is 10.9 Å². The topological polar surface area (TPSA) is 52.5 Å². The van der Waals surface area contributed by atoms with E-state index in [1.165, 1.54) is 5.56 Å². The summed E-state index contributed by atoms with van der Waals surface area (Å²) in [6.07, 6.45) is 4.55. The predicted octanol–water partition coefficient (Wildman–Crippen LogP) is 3.32. The Hall–Kier alpha value is -2.37. The predicted molar refractivity (Wildman–Crippen MR) is 102 cm³/mol. The van der Waals surface area contributed by atoms with Crippen molar-refractivity contribution in [3.8, 4) is 0 Å². The number of piperazine rings is 1. The lowest BCUT2D eigenvalue weighted by atomic mass is 10.0. The first-order valence-corrected chi connectivity index (χ1v) is 9.34. The molecule has 3 heterocycles. The number of Topliss-reactive ketones (excluding diaryl/α,β-unsaturated/α-hetero) is 1. The number of benzene rings is 1. The summed E-state index contributed by atoms with van der Waals surface area (Å²) in [5.74, 6) is 1.20. The third kappa shape index (κ3) is 3.45. The molecule has 4 rings (SSSR count). The first-order valence-electron chi connectivity index (χ1n) is 9.34. The van der Waals surface area contributed by atoms with E-state index in [9.17, 15) is 4.79 Å². The molecule has 0 atom stereocenters. The maximum atomic E-state index is 12.8. The summed E-state index contributed by atoms with van der Waals surface area (Å²) < 4.78 is 5.42. The van der Waals surface area contributed by atoms with Crippen molar-refractivity contribution in [2.75, 3.05) is 32.7 Å². The fourth-order valence-electron chi connectivity index (χ4n) is 3.76. The molecule has 0 saturated carbocycles. The number of carbonyl (C=O) groups excluding carboxylic acids is 1. The molecule has 0 aliphatic carbocycles. The second kappa shape index (κ2) is 7.48. The van der Waals surface area contributed by atoms with Crippen LogP contribution in [0, 0.1) is 0 Å². The molecule has 1 N–H and O–H groups in total. The molecule has 0 bridgehead atoms. The van der Waals surface area contributed by atoms with E-state index in [1.54, 1.807) is 6.26 Å². The Morgan fingerprint density at radius 1 is 1.12 bits per heavy atom. The van der Waals surface area contributed by atoms with E-state index >= 15 is 0 Å². The van der Waals surface area contributed by atoms with E-state index in [2.05, 4.69) is 27.8 Å². The van der Waals surface area contributed by atoms with Crippen LogP contribution < -0.4 is 0 Å². The Balaban J connectivity index is 1.37. The number of nitrogens with zero attached hydrogens (tertiary/aromatic N) is 2. The van der Waals surface area contributed by atoms with Gasteiger partial charge in [-0.3, -0.25) is 14.6 Å². The maximum absolute atomic E-state index is 12.8. The average Bonchev–Trinajstić information content (AvgIpc) is 3.32. The number of aromatic amines is 1.